The third-order valence-electron chi connectivity index (χ3n) is 4.63. The van der Waals surface area contributed by atoms with E-state index in [1.54, 1.807) is 4.68 Å². The Balaban J connectivity index is 1.49. The lowest BCUT2D eigenvalue weighted by molar-refractivity contribution is -0.116. The lowest BCUT2D eigenvalue weighted by atomic mass is 9.92. The minimum absolute atomic E-state index is 0.0792. The Morgan fingerprint density at radius 2 is 2.14 bits per heavy atom. The highest BCUT2D eigenvalue weighted by Gasteiger charge is 2.36. The molecule has 0 saturated heterocycles. The van der Waals surface area contributed by atoms with E-state index < -0.39 is 5.92 Å². The molecule has 0 spiro atoms. The van der Waals surface area contributed by atoms with Crippen LogP contribution >= 0.6 is 39.0 Å². The predicted octanol–water partition coefficient (Wildman–Crippen LogP) is 3.39. The van der Waals surface area contributed by atoms with Crippen LogP contribution in [-0.2, 0) is 11.2 Å². The van der Waals surface area contributed by atoms with Crippen molar-refractivity contribution in [3.05, 3.63) is 25.5 Å². The van der Waals surface area contributed by atoms with E-state index in [0.29, 0.717) is 20.0 Å². The maximum atomic E-state index is 13.4. The number of carbonyl (C=O) groups is 1. The second kappa shape index (κ2) is 8.19. The Bertz CT molecular complexity index is 1100. The number of aromatic nitrogens is 6. The largest absolute Gasteiger partial charge is 0.301 e. The van der Waals surface area contributed by atoms with Gasteiger partial charge >= 0.3 is 0 Å². The van der Waals surface area contributed by atoms with E-state index in [-0.39, 0.29) is 60.4 Å². The molecule has 4 rings (SSSR count). The topological polar surface area (TPSA) is 106 Å². The minimum Gasteiger partial charge on any atom is -0.301 e. The number of Topliss-reactive ketones (excluding diaryl/α,β-unsaturated/α-hetero) is 1. The molecular formula is C16H15BrF2N6O2S2. The highest BCUT2D eigenvalue weighted by Crippen LogP contribution is 2.38. The van der Waals surface area contributed by atoms with E-state index in [4.69, 9.17) is 0 Å². The van der Waals surface area contributed by atoms with Gasteiger partial charge in [-0.1, -0.05) is 23.1 Å². The smallest absolute Gasteiger partial charge is 0.262 e. The van der Waals surface area contributed by atoms with Gasteiger partial charge < -0.3 is 4.98 Å². The summed E-state index contributed by atoms with van der Waals surface area (Å²) in [6.07, 6.45) is 1.69. The Morgan fingerprint density at radius 3 is 2.83 bits per heavy atom. The lowest BCUT2D eigenvalue weighted by Gasteiger charge is -2.28. The molecule has 0 unspecified atom stereocenters. The van der Waals surface area contributed by atoms with Crippen LogP contribution < -0.4 is 5.56 Å². The average molecular weight is 505 g/mol. The summed E-state index contributed by atoms with van der Waals surface area (Å²) in [7, 11) is 0. The monoisotopic (exact) mass is 504 g/mol. The first-order chi connectivity index (χ1) is 13.8. The van der Waals surface area contributed by atoms with Crippen molar-refractivity contribution in [3.63, 3.8) is 0 Å². The Kier molecular flexibility index (Phi) is 5.80. The molecule has 0 bridgehead atoms. The van der Waals surface area contributed by atoms with E-state index in [1.165, 1.54) is 17.5 Å². The summed E-state index contributed by atoms with van der Waals surface area (Å²) in [6, 6.07) is -0.225. The third kappa shape index (κ3) is 4.72. The number of alkyl halides is 2. The molecule has 1 aliphatic rings. The quantitative estimate of drug-likeness (QED) is 0.404. The van der Waals surface area contributed by atoms with Crippen LogP contribution in [0.3, 0.4) is 0 Å². The van der Waals surface area contributed by atoms with Gasteiger partial charge in [-0.15, -0.1) is 10.2 Å². The number of H-pyrrole nitrogens is 1. The van der Waals surface area contributed by atoms with Crippen LogP contribution in [0.4, 0.5) is 8.78 Å². The number of ketones is 1. The molecule has 0 amide bonds. The van der Waals surface area contributed by atoms with E-state index in [0.717, 1.165) is 11.8 Å². The normalized spacial score (nSPS) is 17.1. The number of nitrogens with one attached hydrogen (secondary N) is 1. The molecule has 3 heterocycles. The lowest BCUT2D eigenvalue weighted by Crippen LogP contribution is -2.27. The molecule has 3 aromatic heterocycles. The number of nitrogens with zero attached hydrogens (tertiary/aromatic N) is 5. The van der Waals surface area contributed by atoms with Gasteiger partial charge in [-0.3, -0.25) is 9.59 Å². The fourth-order valence-electron chi connectivity index (χ4n) is 3.19. The third-order valence-corrected chi connectivity index (χ3v) is 6.92. The predicted molar refractivity (Wildman–Crippen MR) is 108 cm³/mol. The Hall–Kier alpha value is -1.73. The second-order valence-electron chi connectivity index (χ2n) is 6.74. The van der Waals surface area contributed by atoms with E-state index in [9.17, 15) is 18.4 Å². The van der Waals surface area contributed by atoms with Crippen LogP contribution in [0.25, 0.3) is 11.0 Å². The average Bonchev–Trinajstić information content (AvgIpc) is 3.27. The van der Waals surface area contributed by atoms with Crippen LogP contribution in [-0.4, -0.2) is 47.4 Å². The van der Waals surface area contributed by atoms with E-state index >= 15 is 0 Å². The molecule has 0 radical (unpaired) electrons. The first-order valence-corrected chi connectivity index (χ1v) is 11.4. The summed E-state index contributed by atoms with van der Waals surface area (Å²) in [4.78, 5) is 31.6. The van der Waals surface area contributed by atoms with Gasteiger partial charge in [0.2, 0.25) is 5.92 Å². The number of carbonyl (C=O) groups excluding carboxylic acids is 1. The van der Waals surface area contributed by atoms with Gasteiger partial charge in [0.15, 0.2) is 14.7 Å². The highest BCUT2D eigenvalue weighted by atomic mass is 79.9. The standard InChI is InChI=1S/C16H15BrF2N6O2S2/c17-14-24-23-11(29-14)5-9(26)7-28-15-21-12-10(13(27)22-15)6-20-25(12)8-1-3-16(18,19)4-2-8/h6,8H,1-5,7H2,(H,21,22,27). The van der Waals surface area contributed by atoms with Gasteiger partial charge in [0, 0.05) is 12.8 Å². The molecule has 1 fully saturated rings. The van der Waals surface area contributed by atoms with Gasteiger partial charge in [0.05, 0.1) is 24.4 Å². The molecule has 0 aliphatic heterocycles. The van der Waals surface area contributed by atoms with Gasteiger partial charge in [-0.2, -0.15) is 5.10 Å². The first-order valence-electron chi connectivity index (χ1n) is 8.78. The van der Waals surface area contributed by atoms with Gasteiger partial charge in [-0.25, -0.2) is 18.4 Å². The maximum Gasteiger partial charge on any atom is 0.262 e. The van der Waals surface area contributed by atoms with Crippen LogP contribution in [0.5, 0.6) is 0 Å². The van der Waals surface area contributed by atoms with Gasteiger partial charge in [0.1, 0.15) is 16.2 Å². The number of rotatable bonds is 6. The van der Waals surface area contributed by atoms with Crippen molar-refractivity contribution >= 4 is 55.8 Å². The molecule has 3 aromatic rings. The zero-order chi connectivity index (χ0) is 20.6. The van der Waals surface area contributed by atoms with Crippen molar-refractivity contribution in [2.45, 2.75) is 49.2 Å². The zero-order valence-electron chi connectivity index (χ0n) is 14.9. The van der Waals surface area contributed by atoms with Crippen molar-refractivity contribution in [3.8, 4) is 0 Å². The van der Waals surface area contributed by atoms with Crippen molar-refractivity contribution in [2.75, 3.05) is 5.75 Å². The van der Waals surface area contributed by atoms with Crippen molar-refractivity contribution < 1.29 is 13.6 Å². The Morgan fingerprint density at radius 1 is 1.38 bits per heavy atom. The maximum absolute atomic E-state index is 13.4. The van der Waals surface area contributed by atoms with Crippen molar-refractivity contribution in [2.24, 2.45) is 0 Å². The molecule has 1 aliphatic carbocycles. The molecule has 0 atom stereocenters. The SMILES string of the molecule is O=C(CSc1nc2c(cnn2C2CCC(F)(F)CC2)c(=O)[nH]1)Cc1nnc(Br)s1. The van der Waals surface area contributed by atoms with E-state index in [1.807, 2.05) is 0 Å². The number of thioether (sulfide) groups is 1. The number of halogens is 3. The summed E-state index contributed by atoms with van der Waals surface area (Å²) in [5, 5.41) is 13.1. The van der Waals surface area contributed by atoms with Crippen LogP contribution in [0.2, 0.25) is 0 Å². The van der Waals surface area contributed by atoms with Gasteiger partial charge in [0.25, 0.3) is 5.56 Å². The summed E-state index contributed by atoms with van der Waals surface area (Å²) in [5.41, 5.74) is -0.0163. The van der Waals surface area contributed by atoms with Crippen LogP contribution in [0.15, 0.2) is 20.1 Å². The summed E-state index contributed by atoms with van der Waals surface area (Å²) in [5.74, 6) is -2.62. The number of hydrogen-bond donors (Lipinski definition) is 1. The fourth-order valence-corrected chi connectivity index (χ4v) is 5.14. The first kappa shape index (κ1) is 20.5. The number of aromatic amines is 1. The minimum atomic E-state index is -2.64. The van der Waals surface area contributed by atoms with E-state index in [2.05, 4.69) is 41.2 Å². The molecular weight excluding hydrogens is 490 g/mol. The van der Waals surface area contributed by atoms with Crippen molar-refractivity contribution in [1.29, 1.82) is 0 Å². The highest BCUT2D eigenvalue weighted by molar-refractivity contribution is 9.11. The molecule has 8 nitrogen and oxygen atoms in total. The second-order valence-corrected chi connectivity index (χ2v) is 10.0. The summed E-state index contributed by atoms with van der Waals surface area (Å²) >= 11 is 5.60. The Labute approximate surface area is 179 Å². The molecule has 29 heavy (non-hydrogen) atoms. The van der Waals surface area contributed by atoms with Crippen LogP contribution in [0.1, 0.15) is 36.7 Å². The number of hydrogen-bond acceptors (Lipinski definition) is 8. The fraction of sp³-hybridized carbons (Fsp3) is 0.500. The van der Waals surface area contributed by atoms with Crippen molar-refractivity contribution in [1.82, 2.24) is 29.9 Å². The number of fused-ring (bicyclic) bond motifs is 1. The summed E-state index contributed by atoms with van der Waals surface area (Å²) in [6.45, 7) is 0. The molecule has 1 N–H and O–H groups in total. The molecule has 1 saturated carbocycles. The molecule has 0 aromatic carbocycles. The molecule has 13 heteroatoms. The molecule has 154 valence electrons. The summed E-state index contributed by atoms with van der Waals surface area (Å²) < 4.78 is 29.1. The van der Waals surface area contributed by atoms with Crippen LogP contribution in [0, 0.1) is 0 Å². The van der Waals surface area contributed by atoms with Gasteiger partial charge in [-0.05, 0) is 28.8 Å². The zero-order valence-corrected chi connectivity index (χ0v) is 18.1.